The van der Waals surface area contributed by atoms with Crippen LogP contribution < -0.4 is 0 Å². The van der Waals surface area contributed by atoms with E-state index in [1.54, 1.807) is 0 Å². The maximum absolute atomic E-state index is 12.0. The fourth-order valence-electron chi connectivity index (χ4n) is 4.01. The first kappa shape index (κ1) is 17.9. The summed E-state index contributed by atoms with van der Waals surface area (Å²) in [6, 6.07) is 0. The minimum absolute atomic E-state index is 0.0833. The molecule has 2 bridgehead atoms. The third kappa shape index (κ3) is 3.14. The van der Waals surface area contributed by atoms with Crippen molar-refractivity contribution in [2.75, 3.05) is 19.0 Å². The molecule has 0 radical (unpaired) electrons. The second-order valence-electron chi connectivity index (χ2n) is 6.65. The Morgan fingerprint density at radius 3 is 2.88 bits per heavy atom. The molecule has 3 rings (SSSR count). The van der Waals surface area contributed by atoms with Gasteiger partial charge in [-0.25, -0.2) is 4.79 Å². The predicted molar refractivity (Wildman–Crippen MR) is 86.8 cm³/mol. The molecule has 0 N–H and O–H groups in total. The van der Waals surface area contributed by atoms with Crippen molar-refractivity contribution in [2.24, 2.45) is 11.3 Å². The third-order valence-electron chi connectivity index (χ3n) is 4.99. The van der Waals surface area contributed by atoms with E-state index in [0.29, 0.717) is 18.6 Å². The summed E-state index contributed by atoms with van der Waals surface area (Å²) in [7, 11) is -3.54. The number of esters is 1. The topological polar surface area (TPSA) is 96.0 Å². The monoisotopic (exact) mass is 376 g/mol. The molecule has 7 nitrogen and oxygen atoms in total. The lowest BCUT2D eigenvalue weighted by atomic mass is 9.82. The van der Waals surface area contributed by atoms with Crippen molar-refractivity contribution in [3.63, 3.8) is 0 Å². The predicted octanol–water partition coefficient (Wildman–Crippen LogP) is 0.888. The molecule has 3 fully saturated rings. The van der Waals surface area contributed by atoms with Crippen LogP contribution in [0.15, 0.2) is 12.7 Å². The molecule has 134 valence electrons. The summed E-state index contributed by atoms with van der Waals surface area (Å²) in [6.45, 7) is 5.31. The van der Waals surface area contributed by atoms with Gasteiger partial charge >= 0.3 is 5.97 Å². The Morgan fingerprint density at radius 2 is 2.17 bits per heavy atom. The molecular formula is C15H20O7S2. The molecule has 1 aliphatic heterocycles. The summed E-state index contributed by atoms with van der Waals surface area (Å²) in [5, 5.41) is -0.608. The molecule has 1 saturated heterocycles. The van der Waals surface area contributed by atoms with Gasteiger partial charge in [0.05, 0.1) is 11.9 Å². The number of thioether (sulfide) groups is 1. The molecule has 0 aromatic heterocycles. The molecule has 1 heterocycles. The summed E-state index contributed by atoms with van der Waals surface area (Å²) < 4.78 is 39.8. The largest absolute Gasteiger partial charge is 0.457 e. The van der Waals surface area contributed by atoms with Crippen molar-refractivity contribution in [3.05, 3.63) is 12.7 Å². The highest BCUT2D eigenvalue weighted by Crippen LogP contribution is 2.62. The van der Waals surface area contributed by atoms with Crippen LogP contribution in [-0.4, -0.2) is 55.9 Å². The van der Waals surface area contributed by atoms with Gasteiger partial charge in [-0.2, -0.15) is 8.42 Å². The zero-order valence-electron chi connectivity index (χ0n) is 13.3. The molecule has 24 heavy (non-hydrogen) atoms. The van der Waals surface area contributed by atoms with Gasteiger partial charge < -0.3 is 9.47 Å². The number of rotatable bonds is 7. The van der Waals surface area contributed by atoms with Crippen LogP contribution in [0, 0.1) is 11.3 Å². The molecule has 5 unspecified atom stereocenters. The minimum Gasteiger partial charge on any atom is -0.457 e. The average molecular weight is 376 g/mol. The first-order chi connectivity index (χ1) is 11.3. The van der Waals surface area contributed by atoms with Gasteiger partial charge in [-0.3, -0.25) is 8.98 Å². The van der Waals surface area contributed by atoms with E-state index < -0.39 is 33.5 Å². The Balaban J connectivity index is 1.48. The molecule has 0 aromatic rings. The average Bonchev–Trinajstić information content (AvgIpc) is 3.05. The van der Waals surface area contributed by atoms with E-state index in [1.165, 1.54) is 6.08 Å². The van der Waals surface area contributed by atoms with E-state index in [0.717, 1.165) is 11.8 Å². The lowest BCUT2D eigenvalue weighted by Gasteiger charge is -2.32. The normalized spacial score (nSPS) is 38.2. The molecule has 0 aromatic carbocycles. The third-order valence-corrected chi connectivity index (χ3v) is 7.56. The maximum Gasteiger partial charge on any atom is 0.332 e. The fraction of sp³-hybridized carbons (Fsp3) is 0.733. The van der Waals surface area contributed by atoms with Crippen molar-refractivity contribution in [2.45, 2.75) is 37.2 Å². The van der Waals surface area contributed by atoms with Crippen LogP contribution in [0.3, 0.4) is 0 Å². The molecule has 2 aliphatic carbocycles. The number of hydrogen-bond acceptors (Lipinski definition) is 8. The Bertz CT molecular complexity index is 659. The Kier molecular flexibility index (Phi) is 4.80. The van der Waals surface area contributed by atoms with Crippen LogP contribution in [0.2, 0.25) is 0 Å². The molecule has 2 saturated carbocycles. The summed E-state index contributed by atoms with van der Waals surface area (Å²) in [5.41, 5.74) is -0.356. The van der Waals surface area contributed by atoms with Gasteiger partial charge in [0.1, 0.15) is 18.8 Å². The first-order valence-corrected chi connectivity index (χ1v) is 10.2. The molecule has 9 heteroatoms. The maximum atomic E-state index is 12.0. The number of fused-ring (bicyclic) bond motifs is 1. The summed E-state index contributed by atoms with van der Waals surface area (Å²) in [5.74, 6) is -0.203. The van der Waals surface area contributed by atoms with Crippen LogP contribution in [0.5, 0.6) is 0 Å². The van der Waals surface area contributed by atoms with Crippen molar-refractivity contribution in [3.8, 4) is 0 Å². The van der Waals surface area contributed by atoms with E-state index in [9.17, 15) is 18.0 Å². The van der Waals surface area contributed by atoms with E-state index in [2.05, 4.69) is 6.58 Å². The van der Waals surface area contributed by atoms with Crippen LogP contribution in [0.4, 0.5) is 0 Å². The van der Waals surface area contributed by atoms with Gasteiger partial charge in [-0.1, -0.05) is 25.3 Å². The summed E-state index contributed by atoms with van der Waals surface area (Å²) in [4.78, 5) is 23.0. The van der Waals surface area contributed by atoms with Gasteiger partial charge in [0.15, 0.2) is 0 Å². The fourth-order valence-corrected chi connectivity index (χ4v) is 6.49. The highest BCUT2D eigenvalue weighted by Gasteiger charge is 2.70. The van der Waals surface area contributed by atoms with Crippen molar-refractivity contribution < 1.29 is 31.7 Å². The van der Waals surface area contributed by atoms with Crippen molar-refractivity contribution in [1.29, 1.82) is 0 Å². The number of carbonyl (C=O) groups is 2. The number of hydrogen-bond donors (Lipinski definition) is 0. The lowest BCUT2D eigenvalue weighted by Crippen LogP contribution is -2.42. The standard InChI is InChI=1S/C15H20O7S2/c1-3-12(17)23-5-4-20-8-11(16)21-14-13-9-6-15(14,2)7-10(9)24(18,19)22-13/h3,9-10,13-14H,1,4-8H2,2H3. The molecular weight excluding hydrogens is 356 g/mol. The van der Waals surface area contributed by atoms with Gasteiger partial charge in [0, 0.05) is 17.1 Å². The Hall–Kier alpha value is -0.900. The van der Waals surface area contributed by atoms with Gasteiger partial charge in [0.2, 0.25) is 5.12 Å². The van der Waals surface area contributed by atoms with Crippen molar-refractivity contribution >= 4 is 33.0 Å². The quantitative estimate of drug-likeness (QED) is 0.280. The molecule has 0 amide bonds. The van der Waals surface area contributed by atoms with Crippen LogP contribution >= 0.6 is 11.8 Å². The van der Waals surface area contributed by atoms with E-state index in [-0.39, 0.29) is 29.7 Å². The number of carbonyl (C=O) groups excluding carboxylic acids is 2. The van der Waals surface area contributed by atoms with Gasteiger partial charge in [0.25, 0.3) is 10.1 Å². The zero-order chi connectivity index (χ0) is 17.5. The Morgan fingerprint density at radius 1 is 1.42 bits per heavy atom. The second kappa shape index (κ2) is 6.44. The SMILES string of the molecule is C=CC(=O)SCCOCC(=O)OC1C2OS(=O)(=O)C3CC1(C)CC23. The summed E-state index contributed by atoms with van der Waals surface area (Å²) in [6.07, 6.45) is 1.26. The van der Waals surface area contributed by atoms with E-state index >= 15 is 0 Å². The van der Waals surface area contributed by atoms with E-state index in [4.69, 9.17) is 13.7 Å². The van der Waals surface area contributed by atoms with Crippen molar-refractivity contribution in [1.82, 2.24) is 0 Å². The van der Waals surface area contributed by atoms with Crippen LogP contribution in [-0.2, 0) is 33.4 Å². The van der Waals surface area contributed by atoms with Crippen LogP contribution in [0.1, 0.15) is 19.8 Å². The minimum atomic E-state index is -3.54. The molecule has 5 atom stereocenters. The highest BCUT2D eigenvalue weighted by molar-refractivity contribution is 8.14. The molecule has 3 aliphatic rings. The highest BCUT2D eigenvalue weighted by atomic mass is 32.2. The second-order valence-corrected chi connectivity index (χ2v) is 9.54. The first-order valence-electron chi connectivity index (χ1n) is 7.75. The zero-order valence-corrected chi connectivity index (χ0v) is 14.9. The van der Waals surface area contributed by atoms with E-state index in [1.807, 2.05) is 6.92 Å². The molecule has 0 spiro atoms. The van der Waals surface area contributed by atoms with Gasteiger partial charge in [-0.05, 0) is 18.9 Å². The smallest absolute Gasteiger partial charge is 0.332 e. The summed E-state index contributed by atoms with van der Waals surface area (Å²) >= 11 is 1.06. The Labute approximate surface area is 145 Å². The number of ether oxygens (including phenoxy) is 2. The van der Waals surface area contributed by atoms with Gasteiger partial charge in [-0.15, -0.1) is 0 Å². The lowest BCUT2D eigenvalue weighted by molar-refractivity contribution is -0.165. The van der Waals surface area contributed by atoms with Crippen LogP contribution in [0.25, 0.3) is 0 Å².